The average molecular weight is 192 g/mol. The van der Waals surface area contributed by atoms with Gasteiger partial charge in [0.15, 0.2) is 0 Å². The van der Waals surface area contributed by atoms with Crippen LogP contribution in [-0.4, -0.2) is 48.2 Å². The van der Waals surface area contributed by atoms with Crippen LogP contribution in [0, 0.1) is 0 Å². The number of hydrogen-bond donors (Lipinski definition) is 2. The van der Waals surface area contributed by atoms with Crippen LogP contribution in [0.5, 0.6) is 0 Å². The molecule has 0 aromatic heterocycles. The molecule has 0 spiro atoms. The van der Waals surface area contributed by atoms with Crippen molar-refractivity contribution in [3.05, 3.63) is 0 Å². The summed E-state index contributed by atoms with van der Waals surface area (Å²) in [6, 6.07) is 0. The summed E-state index contributed by atoms with van der Waals surface area (Å²) in [5.41, 5.74) is 8.57. The summed E-state index contributed by atoms with van der Waals surface area (Å²) >= 11 is 7.52. The first-order chi connectivity index (χ1) is 3.46. The normalized spacial score (nSPS) is 5.33. The van der Waals surface area contributed by atoms with Crippen LogP contribution >= 0.6 is 0 Å². The van der Waals surface area contributed by atoms with E-state index in [2.05, 4.69) is 36.7 Å². The van der Waals surface area contributed by atoms with Gasteiger partial charge in [-0.25, -0.2) is 0 Å². The molecule has 0 radical (unpaired) electrons. The fourth-order valence-corrected chi connectivity index (χ4v) is 0. The predicted molar refractivity (Wildman–Crippen MR) is 39.7 cm³/mol. The molecule has 0 aliphatic heterocycles. The number of rotatable bonds is 0. The van der Waals surface area contributed by atoms with Crippen LogP contribution in [0.25, 0.3) is 0 Å². The molecule has 0 heterocycles. The van der Waals surface area contributed by atoms with Crippen molar-refractivity contribution in [1.82, 2.24) is 0 Å². The Hall–Kier alpha value is 0.640. The molecule has 0 fully saturated rings. The monoisotopic (exact) mass is 192 g/mol. The van der Waals surface area contributed by atoms with E-state index >= 15 is 0 Å². The first-order valence-electron chi connectivity index (χ1n) is 1.39. The fraction of sp³-hybridized carbons (Fsp3) is 0. The Morgan fingerprint density at radius 2 is 1.00 bits per heavy atom. The van der Waals surface area contributed by atoms with Crippen LogP contribution in [0.4, 0.5) is 9.59 Å². The SMILES string of the molecule is NC(=O)[S-].NC(=O)[S-].[Ca+2]. The van der Waals surface area contributed by atoms with E-state index < -0.39 is 10.5 Å². The quantitative estimate of drug-likeness (QED) is 0.374. The molecule has 0 aromatic carbocycles. The largest absolute Gasteiger partial charge is 2.00 e. The molecule has 0 aliphatic carbocycles. The summed E-state index contributed by atoms with van der Waals surface area (Å²) in [5.74, 6) is 0. The van der Waals surface area contributed by atoms with Crippen molar-refractivity contribution in [2.24, 2.45) is 11.5 Å². The van der Waals surface area contributed by atoms with Crippen LogP contribution in [0.2, 0.25) is 0 Å². The molecule has 0 aromatic rings. The Balaban J connectivity index is -0.0000000720. The third-order valence-electron chi connectivity index (χ3n) is 0. The van der Waals surface area contributed by atoms with E-state index in [9.17, 15) is 0 Å². The van der Waals surface area contributed by atoms with Crippen LogP contribution in [-0.2, 0) is 25.3 Å². The molecule has 48 valence electrons. The van der Waals surface area contributed by atoms with Gasteiger partial charge in [0.25, 0.3) is 0 Å². The van der Waals surface area contributed by atoms with Crippen LogP contribution in [0.1, 0.15) is 0 Å². The second kappa shape index (κ2) is 11.4. The van der Waals surface area contributed by atoms with Crippen LogP contribution in [0.3, 0.4) is 0 Å². The van der Waals surface area contributed by atoms with Gasteiger partial charge in [-0.1, -0.05) is 0 Å². The Bertz CT molecular complexity index is 78.6. The summed E-state index contributed by atoms with van der Waals surface area (Å²) < 4.78 is 0. The van der Waals surface area contributed by atoms with Gasteiger partial charge in [0.05, 0.1) is 10.5 Å². The summed E-state index contributed by atoms with van der Waals surface area (Å²) in [5, 5.41) is -1.50. The maximum atomic E-state index is 9.04. The Morgan fingerprint density at radius 1 is 1.00 bits per heavy atom. The number of nitrogens with two attached hydrogens (primary N) is 2. The Morgan fingerprint density at radius 3 is 1.00 bits per heavy atom. The van der Waals surface area contributed by atoms with Crippen molar-refractivity contribution in [3.63, 3.8) is 0 Å². The molecule has 0 saturated heterocycles. The van der Waals surface area contributed by atoms with Gasteiger partial charge in [0.2, 0.25) is 0 Å². The molecule has 0 bridgehead atoms. The predicted octanol–water partition coefficient (Wildman–Crippen LogP) is -1.16. The van der Waals surface area contributed by atoms with E-state index in [0.717, 1.165) is 0 Å². The van der Waals surface area contributed by atoms with E-state index in [-0.39, 0.29) is 37.7 Å². The van der Waals surface area contributed by atoms with Crippen molar-refractivity contribution in [2.45, 2.75) is 0 Å². The third kappa shape index (κ3) is 931. The minimum Gasteiger partial charge on any atom is -0.719 e. The van der Waals surface area contributed by atoms with E-state index in [1.165, 1.54) is 0 Å². The van der Waals surface area contributed by atoms with Gasteiger partial charge in [-0.15, -0.1) is 0 Å². The van der Waals surface area contributed by atoms with Crippen molar-refractivity contribution in [3.8, 4) is 0 Å². The van der Waals surface area contributed by atoms with Crippen LogP contribution < -0.4 is 11.5 Å². The third-order valence-corrected chi connectivity index (χ3v) is 0. The molecule has 9 heavy (non-hydrogen) atoms. The maximum Gasteiger partial charge on any atom is 2.00 e. The Labute approximate surface area is 93.5 Å². The van der Waals surface area contributed by atoms with Gasteiger partial charge < -0.3 is 46.3 Å². The van der Waals surface area contributed by atoms with Gasteiger partial charge in [0.1, 0.15) is 0 Å². The molecule has 4 nitrogen and oxygen atoms in total. The fourth-order valence-electron chi connectivity index (χ4n) is 0. The van der Waals surface area contributed by atoms with E-state index in [1.807, 2.05) is 0 Å². The summed E-state index contributed by atoms with van der Waals surface area (Å²) in [4.78, 5) is 18.1. The van der Waals surface area contributed by atoms with Crippen molar-refractivity contribution >= 4 is 73.5 Å². The van der Waals surface area contributed by atoms with Gasteiger partial charge in [-0.2, -0.15) is 0 Å². The number of carbonyl (C=O) groups is 2. The van der Waals surface area contributed by atoms with Gasteiger partial charge in [-0.05, 0) is 0 Å². The minimum atomic E-state index is -0.750. The molecule has 0 atom stereocenters. The van der Waals surface area contributed by atoms with Gasteiger partial charge >= 0.3 is 37.7 Å². The second-order valence-electron chi connectivity index (χ2n) is 0.638. The van der Waals surface area contributed by atoms with E-state index in [4.69, 9.17) is 9.59 Å². The van der Waals surface area contributed by atoms with Crippen molar-refractivity contribution < 1.29 is 9.59 Å². The summed E-state index contributed by atoms with van der Waals surface area (Å²) in [6.07, 6.45) is 0. The molecule has 4 N–H and O–H groups in total. The zero-order valence-corrected chi connectivity index (χ0v) is 8.34. The van der Waals surface area contributed by atoms with Gasteiger partial charge in [0, 0.05) is 0 Å². The second-order valence-corrected chi connectivity index (χ2v) is 1.44. The van der Waals surface area contributed by atoms with Crippen molar-refractivity contribution in [2.75, 3.05) is 0 Å². The topological polar surface area (TPSA) is 86.2 Å². The summed E-state index contributed by atoms with van der Waals surface area (Å²) in [7, 11) is 0. The number of primary amides is 2. The van der Waals surface area contributed by atoms with E-state index in [1.54, 1.807) is 0 Å². The standard InChI is InChI=1S/2CH3NOS.Ca/c2*2-1(3)4;/h2*(H3,2,3,4);/q;;+2/p-2. The summed E-state index contributed by atoms with van der Waals surface area (Å²) in [6.45, 7) is 0. The van der Waals surface area contributed by atoms with E-state index in [0.29, 0.717) is 0 Å². The number of amides is 2. The maximum absolute atomic E-state index is 9.04. The minimum absolute atomic E-state index is 0. The molecule has 0 unspecified atom stereocenters. The Kier molecular flexibility index (Phi) is 20.7. The smallest absolute Gasteiger partial charge is 0.719 e. The van der Waals surface area contributed by atoms with Crippen LogP contribution in [0.15, 0.2) is 0 Å². The molecule has 2 amide bonds. The zero-order valence-electron chi connectivity index (χ0n) is 4.49. The molecule has 0 saturated carbocycles. The first kappa shape index (κ1) is 16.3. The van der Waals surface area contributed by atoms with Gasteiger partial charge in [-0.3, -0.25) is 0 Å². The molecule has 7 heteroatoms. The number of hydrogen-bond acceptors (Lipinski definition) is 4. The molecule has 0 aliphatic rings. The average Bonchev–Trinajstić information content (AvgIpc) is 1.25. The number of carbonyl (C=O) groups excluding carboxylic acids is 2. The zero-order chi connectivity index (χ0) is 7.15. The molecular weight excluding hydrogens is 188 g/mol. The first-order valence-corrected chi connectivity index (χ1v) is 2.21. The van der Waals surface area contributed by atoms with Crippen molar-refractivity contribution in [1.29, 1.82) is 0 Å². The molecule has 0 rings (SSSR count). The molecular formula is C2H4CaN2O2S2.